The average Bonchev–Trinajstić information content (AvgIpc) is 2.59. The number of halogens is 2. The summed E-state index contributed by atoms with van der Waals surface area (Å²) in [6, 6.07) is 16.6. The average molecular weight is 538 g/mol. The van der Waals surface area contributed by atoms with Gasteiger partial charge in [0.25, 0.3) is 0 Å². The molecule has 8 heteroatoms. The highest BCUT2D eigenvalue weighted by Crippen LogP contribution is 2.15. The van der Waals surface area contributed by atoms with Crippen molar-refractivity contribution in [1.29, 1.82) is 0 Å². The molecule has 0 fully saturated rings. The van der Waals surface area contributed by atoms with Gasteiger partial charge in [-0.25, -0.2) is 8.42 Å². The van der Waals surface area contributed by atoms with E-state index in [4.69, 9.17) is 0 Å². The van der Waals surface area contributed by atoms with Crippen LogP contribution < -0.4 is 10.6 Å². The van der Waals surface area contributed by atoms with Crippen molar-refractivity contribution in [3.8, 4) is 0 Å². The number of hydrogen-bond acceptors (Lipinski definition) is 3. The van der Waals surface area contributed by atoms with Gasteiger partial charge in [-0.1, -0.05) is 46.3 Å². The summed E-state index contributed by atoms with van der Waals surface area (Å²) in [5.74, 6) is 0.575. The van der Waals surface area contributed by atoms with Crippen LogP contribution in [0.5, 0.6) is 0 Å². The van der Waals surface area contributed by atoms with Crippen molar-refractivity contribution in [1.82, 2.24) is 10.6 Å². The molecule has 0 heterocycles. The van der Waals surface area contributed by atoms with Crippen molar-refractivity contribution in [2.24, 2.45) is 4.99 Å². The fourth-order valence-electron chi connectivity index (χ4n) is 2.07. The predicted molar refractivity (Wildman–Crippen MR) is 116 cm³/mol. The summed E-state index contributed by atoms with van der Waals surface area (Å²) in [6.07, 6.45) is 0. The van der Waals surface area contributed by atoms with E-state index in [0.717, 1.165) is 10.0 Å². The van der Waals surface area contributed by atoms with Crippen LogP contribution in [0.4, 0.5) is 0 Å². The Kier molecular flexibility index (Phi) is 9.44. The predicted octanol–water partition coefficient (Wildman–Crippen LogP) is 3.21. The van der Waals surface area contributed by atoms with Crippen molar-refractivity contribution in [3.63, 3.8) is 0 Å². The van der Waals surface area contributed by atoms with Crippen LogP contribution >= 0.6 is 39.9 Å². The number of aliphatic imine (C=N–C) groups is 1. The van der Waals surface area contributed by atoms with Crippen molar-refractivity contribution in [2.45, 2.75) is 11.4 Å². The minimum atomic E-state index is -3.31. The lowest BCUT2D eigenvalue weighted by atomic mass is 10.2. The molecule has 0 saturated heterocycles. The largest absolute Gasteiger partial charge is 0.355 e. The van der Waals surface area contributed by atoms with Crippen LogP contribution in [-0.4, -0.2) is 33.7 Å². The van der Waals surface area contributed by atoms with Gasteiger partial charge in [-0.15, -0.1) is 24.0 Å². The van der Waals surface area contributed by atoms with Gasteiger partial charge in [-0.05, 0) is 29.8 Å². The van der Waals surface area contributed by atoms with Gasteiger partial charge in [-0.3, -0.25) is 4.99 Å². The standard InChI is InChI=1S/C17H20BrN3O2S.HI/c1-19-17(21-13-14-5-3-2-4-6-14)20-11-12-24(22,23)16-9-7-15(18)8-10-16;/h2-10H,11-13H2,1H3,(H2,19,20,21);1H. The van der Waals surface area contributed by atoms with Gasteiger partial charge >= 0.3 is 0 Å². The zero-order valence-electron chi connectivity index (χ0n) is 13.8. The molecule has 2 aromatic carbocycles. The number of hydrogen-bond donors (Lipinski definition) is 2. The highest BCUT2D eigenvalue weighted by molar-refractivity contribution is 14.0. The molecule has 0 aromatic heterocycles. The van der Waals surface area contributed by atoms with Crippen molar-refractivity contribution in [3.05, 3.63) is 64.6 Å². The second kappa shape index (κ2) is 10.8. The van der Waals surface area contributed by atoms with Crippen LogP contribution in [-0.2, 0) is 16.4 Å². The van der Waals surface area contributed by atoms with Crippen molar-refractivity contribution >= 4 is 55.7 Å². The van der Waals surface area contributed by atoms with Gasteiger partial charge in [0, 0.05) is 24.6 Å². The van der Waals surface area contributed by atoms with Crippen LogP contribution in [0.15, 0.2) is 69.0 Å². The molecule has 0 amide bonds. The summed E-state index contributed by atoms with van der Waals surface area (Å²) in [5.41, 5.74) is 1.13. The molecular weight excluding hydrogens is 517 g/mol. The maximum atomic E-state index is 12.3. The zero-order valence-corrected chi connectivity index (χ0v) is 18.5. The Balaban J connectivity index is 0.00000312. The highest BCUT2D eigenvalue weighted by Gasteiger charge is 2.14. The van der Waals surface area contributed by atoms with E-state index in [2.05, 4.69) is 31.6 Å². The molecule has 2 aromatic rings. The minimum Gasteiger partial charge on any atom is -0.355 e. The summed E-state index contributed by atoms with van der Waals surface area (Å²) in [4.78, 5) is 4.42. The third kappa shape index (κ3) is 7.33. The topological polar surface area (TPSA) is 70.6 Å². The number of sulfone groups is 1. The fourth-order valence-corrected chi connectivity index (χ4v) is 3.49. The summed E-state index contributed by atoms with van der Waals surface area (Å²) >= 11 is 3.30. The number of benzene rings is 2. The third-order valence-corrected chi connectivity index (χ3v) is 5.62. The van der Waals surface area contributed by atoms with Crippen LogP contribution in [0, 0.1) is 0 Å². The molecule has 2 N–H and O–H groups in total. The molecule has 0 aliphatic rings. The van der Waals surface area contributed by atoms with Gasteiger partial charge in [0.2, 0.25) is 0 Å². The molecule has 0 atom stereocenters. The normalized spacial score (nSPS) is 11.5. The summed E-state index contributed by atoms with van der Waals surface area (Å²) in [7, 11) is -1.66. The molecule has 25 heavy (non-hydrogen) atoms. The Hall–Kier alpha value is -1.13. The Labute approximate surface area is 174 Å². The van der Waals surface area contributed by atoms with Crippen molar-refractivity contribution < 1.29 is 8.42 Å². The quantitative estimate of drug-likeness (QED) is 0.337. The molecule has 0 radical (unpaired) electrons. The highest BCUT2D eigenvalue weighted by atomic mass is 127. The van der Waals surface area contributed by atoms with Gasteiger partial charge < -0.3 is 10.6 Å². The van der Waals surface area contributed by atoms with E-state index in [0.29, 0.717) is 17.4 Å². The van der Waals surface area contributed by atoms with E-state index in [1.165, 1.54) is 0 Å². The van der Waals surface area contributed by atoms with Crippen LogP contribution in [0.25, 0.3) is 0 Å². The molecule has 2 rings (SSSR count). The molecule has 136 valence electrons. The Morgan fingerprint density at radius 3 is 2.28 bits per heavy atom. The monoisotopic (exact) mass is 537 g/mol. The number of nitrogens with one attached hydrogen (secondary N) is 2. The maximum absolute atomic E-state index is 12.3. The summed E-state index contributed by atoms with van der Waals surface area (Å²) < 4.78 is 25.4. The van der Waals surface area contributed by atoms with Crippen LogP contribution in [0.1, 0.15) is 5.56 Å². The molecule has 0 spiro atoms. The molecule has 0 bridgehead atoms. The zero-order chi connectivity index (χ0) is 17.4. The van der Waals surface area contributed by atoms with E-state index in [1.54, 1.807) is 31.3 Å². The lowest BCUT2D eigenvalue weighted by Crippen LogP contribution is -2.39. The van der Waals surface area contributed by atoms with E-state index in [1.807, 2.05) is 30.3 Å². The second-order valence-electron chi connectivity index (χ2n) is 5.11. The maximum Gasteiger partial charge on any atom is 0.191 e. The number of rotatable bonds is 6. The third-order valence-electron chi connectivity index (χ3n) is 3.36. The van der Waals surface area contributed by atoms with Crippen LogP contribution in [0.2, 0.25) is 0 Å². The first kappa shape index (κ1) is 21.9. The summed E-state index contributed by atoms with van der Waals surface area (Å²) in [5, 5.41) is 6.18. The Morgan fingerprint density at radius 2 is 1.68 bits per heavy atom. The molecule has 0 saturated carbocycles. The first-order valence-corrected chi connectivity index (χ1v) is 9.92. The van der Waals surface area contributed by atoms with Crippen LogP contribution in [0.3, 0.4) is 0 Å². The number of guanidine groups is 1. The first-order chi connectivity index (χ1) is 11.5. The Morgan fingerprint density at radius 1 is 1.04 bits per heavy atom. The van der Waals surface area contributed by atoms with Gasteiger partial charge in [0.1, 0.15) is 0 Å². The fraction of sp³-hybridized carbons (Fsp3) is 0.235. The second-order valence-corrected chi connectivity index (χ2v) is 8.14. The molecule has 0 aliphatic heterocycles. The molecular formula is C17H21BrIN3O2S. The summed E-state index contributed by atoms with van der Waals surface area (Å²) in [6.45, 7) is 0.910. The van der Waals surface area contributed by atoms with Gasteiger partial charge in [0.05, 0.1) is 10.6 Å². The lowest BCUT2D eigenvalue weighted by molar-refractivity contribution is 0.594. The molecule has 5 nitrogen and oxygen atoms in total. The van der Waals surface area contributed by atoms with E-state index < -0.39 is 9.84 Å². The molecule has 0 unspecified atom stereocenters. The van der Waals surface area contributed by atoms with Crippen molar-refractivity contribution in [2.75, 3.05) is 19.3 Å². The lowest BCUT2D eigenvalue weighted by Gasteiger charge is -2.12. The SMILES string of the molecule is CN=C(NCCS(=O)(=O)c1ccc(Br)cc1)NCc1ccccc1.I. The smallest absolute Gasteiger partial charge is 0.191 e. The van der Waals surface area contributed by atoms with Gasteiger partial charge in [-0.2, -0.15) is 0 Å². The van der Waals surface area contributed by atoms with Gasteiger partial charge in [0.15, 0.2) is 15.8 Å². The minimum absolute atomic E-state index is 0. The first-order valence-electron chi connectivity index (χ1n) is 7.48. The Bertz CT molecular complexity index is 781. The number of nitrogens with zero attached hydrogens (tertiary/aromatic N) is 1. The van der Waals surface area contributed by atoms with E-state index >= 15 is 0 Å². The molecule has 0 aliphatic carbocycles. The van der Waals surface area contributed by atoms with E-state index in [-0.39, 0.29) is 36.3 Å². The van der Waals surface area contributed by atoms with E-state index in [9.17, 15) is 8.42 Å².